The third-order valence-electron chi connectivity index (χ3n) is 13.0. The summed E-state index contributed by atoms with van der Waals surface area (Å²) in [5, 5.41) is 16.2. The summed E-state index contributed by atoms with van der Waals surface area (Å²) in [5.74, 6) is -2.73. The van der Waals surface area contributed by atoms with Gasteiger partial charge in [-0.1, -0.05) is 91.0 Å². The van der Waals surface area contributed by atoms with Gasteiger partial charge in [-0.2, -0.15) is 0 Å². The van der Waals surface area contributed by atoms with E-state index in [-0.39, 0.29) is 68.4 Å². The Balaban J connectivity index is 0.979. The number of esters is 3. The Morgan fingerprint density at radius 2 is 1.23 bits per heavy atom. The lowest BCUT2D eigenvalue weighted by molar-refractivity contribution is -0.158. The monoisotopic (exact) mass is 1000 g/mol. The number of rotatable bonds is 21. The number of urea groups is 1. The molecule has 2 aliphatic rings. The molecule has 4 aromatic rings. The van der Waals surface area contributed by atoms with Gasteiger partial charge in [0.15, 0.2) is 0 Å². The summed E-state index contributed by atoms with van der Waals surface area (Å²) in [6.07, 6.45) is 3.13. The number of carbonyl (C=O) groups excluding carboxylic acids is 7. The van der Waals surface area contributed by atoms with Crippen LogP contribution in [0.25, 0.3) is 21.9 Å². The molecule has 1 fully saturated rings. The van der Waals surface area contributed by atoms with Crippen LogP contribution in [0.3, 0.4) is 0 Å². The maximum atomic E-state index is 13.9. The van der Waals surface area contributed by atoms with Crippen LogP contribution in [0, 0.1) is 11.8 Å². The molecule has 0 bridgehead atoms. The van der Waals surface area contributed by atoms with Gasteiger partial charge in [0, 0.05) is 37.8 Å². The van der Waals surface area contributed by atoms with Crippen molar-refractivity contribution in [3.8, 4) is 11.1 Å². The van der Waals surface area contributed by atoms with Gasteiger partial charge in [-0.25, -0.2) is 19.2 Å². The Morgan fingerprint density at radius 3 is 1.86 bits per heavy atom. The SMILES string of the molecule is COC(=O)[C@H](CCCCNC(=O)[C@H](Cc1ccc2ccccc2c1)NC(=O)C1CCC(CNC(=O)OCC2c3ccccc3-c3ccccc32)CC1)NC(=O)N[C@@H](CCC(=O)OC(C)(C)C)C(=O)OC(C)(C)C. The predicted molar refractivity (Wildman–Crippen MR) is 277 cm³/mol. The first-order chi connectivity index (χ1) is 34.8. The largest absolute Gasteiger partial charge is 0.467 e. The van der Waals surface area contributed by atoms with Gasteiger partial charge in [-0.05, 0) is 137 Å². The first-order valence-electron chi connectivity index (χ1n) is 25.5. The minimum Gasteiger partial charge on any atom is -0.467 e. The minimum atomic E-state index is -1.22. The van der Waals surface area contributed by atoms with Crippen molar-refractivity contribution in [2.45, 2.75) is 141 Å². The van der Waals surface area contributed by atoms with Gasteiger partial charge in [0.05, 0.1) is 7.11 Å². The lowest BCUT2D eigenvalue weighted by Gasteiger charge is -2.29. The molecule has 0 unspecified atom stereocenters. The molecule has 0 saturated heterocycles. The summed E-state index contributed by atoms with van der Waals surface area (Å²) in [6.45, 7) is 11.1. The summed E-state index contributed by atoms with van der Waals surface area (Å²) in [4.78, 5) is 92.3. The fourth-order valence-corrected chi connectivity index (χ4v) is 9.44. The molecule has 392 valence electrons. The zero-order chi connectivity index (χ0) is 52.7. The normalized spacial score (nSPS) is 16.6. The minimum absolute atomic E-state index is 0.0321. The molecule has 0 aromatic heterocycles. The first kappa shape index (κ1) is 55.3. The number of unbranched alkanes of at least 4 members (excludes halogenated alkanes) is 1. The second-order valence-electron chi connectivity index (χ2n) is 21.1. The number of ether oxygens (including phenoxy) is 4. The Labute approximate surface area is 428 Å². The van der Waals surface area contributed by atoms with Gasteiger partial charge in [0.1, 0.15) is 35.9 Å². The number of carbonyl (C=O) groups is 7. The number of amides is 5. The molecule has 4 aromatic carbocycles. The molecular formula is C57H73N5O11. The average molecular weight is 1000 g/mol. The molecule has 16 nitrogen and oxygen atoms in total. The van der Waals surface area contributed by atoms with Crippen molar-refractivity contribution in [3.63, 3.8) is 0 Å². The summed E-state index contributed by atoms with van der Waals surface area (Å²) < 4.78 is 21.6. The van der Waals surface area contributed by atoms with Gasteiger partial charge < -0.3 is 45.5 Å². The van der Waals surface area contributed by atoms with E-state index in [2.05, 4.69) is 50.8 Å². The maximum absolute atomic E-state index is 13.9. The Hall–Kier alpha value is -6.97. The molecule has 16 heteroatoms. The molecule has 73 heavy (non-hydrogen) atoms. The highest BCUT2D eigenvalue weighted by atomic mass is 16.6. The van der Waals surface area contributed by atoms with Crippen molar-refractivity contribution in [1.29, 1.82) is 0 Å². The van der Waals surface area contributed by atoms with E-state index >= 15 is 0 Å². The molecule has 0 spiro atoms. The molecule has 2 aliphatic carbocycles. The molecule has 0 heterocycles. The van der Waals surface area contributed by atoms with E-state index in [9.17, 15) is 33.6 Å². The van der Waals surface area contributed by atoms with Crippen LogP contribution in [-0.2, 0) is 49.3 Å². The number of methoxy groups -OCH3 is 1. The van der Waals surface area contributed by atoms with Crippen LogP contribution in [0.5, 0.6) is 0 Å². The standard InChI is InChI=1S/C57H73N5O11/c1-56(2,3)72-49(63)30-29-47(53(67)73-57(4,5)6)62-54(68)61-46(52(66)70-7)22-14-15-31-58-51(65)48(33-37-25-26-38-16-8-9-17-40(38)32-37)60-50(64)39-27-23-36(24-28-39)34-59-55(69)71-35-45-43-20-12-10-18-41(43)42-19-11-13-21-44(42)45/h8-13,16-21,25-26,32,36,39,45-48H,14-15,22-24,27-31,33-35H2,1-7H3,(H,58,65)(H,59,69)(H,60,64)(H2,61,62,68)/t36?,39?,46-,47-,48-/m0/s1. The third-order valence-corrected chi connectivity index (χ3v) is 13.0. The lowest BCUT2D eigenvalue weighted by atomic mass is 9.81. The quantitative estimate of drug-likeness (QED) is 0.0305. The van der Waals surface area contributed by atoms with Crippen LogP contribution in [0.15, 0.2) is 91.0 Å². The van der Waals surface area contributed by atoms with Crippen LogP contribution < -0.4 is 26.6 Å². The number of benzene rings is 4. The Morgan fingerprint density at radius 1 is 0.630 bits per heavy atom. The van der Waals surface area contributed by atoms with E-state index in [0.717, 1.165) is 51.4 Å². The van der Waals surface area contributed by atoms with Crippen LogP contribution in [-0.4, -0.2) is 98.0 Å². The zero-order valence-electron chi connectivity index (χ0n) is 43.3. The summed E-state index contributed by atoms with van der Waals surface area (Å²) in [5.41, 5.74) is 3.89. The molecule has 3 atom stereocenters. The van der Waals surface area contributed by atoms with E-state index in [1.807, 2.05) is 66.7 Å². The second kappa shape index (κ2) is 25.6. The fraction of sp³-hybridized carbons (Fsp3) is 0.491. The number of hydrogen-bond acceptors (Lipinski definition) is 11. The van der Waals surface area contributed by atoms with Crippen molar-refractivity contribution in [2.75, 3.05) is 26.8 Å². The van der Waals surface area contributed by atoms with Crippen molar-refractivity contribution < 1.29 is 52.5 Å². The molecule has 0 radical (unpaired) electrons. The molecule has 0 aliphatic heterocycles. The van der Waals surface area contributed by atoms with E-state index in [1.54, 1.807) is 41.5 Å². The Kier molecular flexibility index (Phi) is 19.4. The van der Waals surface area contributed by atoms with E-state index in [4.69, 9.17) is 18.9 Å². The molecular weight excluding hydrogens is 931 g/mol. The highest BCUT2D eigenvalue weighted by molar-refractivity contribution is 5.90. The van der Waals surface area contributed by atoms with E-state index < -0.39 is 59.4 Å². The molecule has 5 amide bonds. The third kappa shape index (κ3) is 16.8. The number of fused-ring (bicyclic) bond motifs is 4. The van der Waals surface area contributed by atoms with Crippen molar-refractivity contribution in [3.05, 3.63) is 108 Å². The van der Waals surface area contributed by atoms with Gasteiger partial charge in [0.25, 0.3) is 0 Å². The fourth-order valence-electron chi connectivity index (χ4n) is 9.44. The van der Waals surface area contributed by atoms with Crippen LogP contribution in [0.2, 0.25) is 0 Å². The average Bonchev–Trinajstić information content (AvgIpc) is 3.67. The smallest absolute Gasteiger partial charge is 0.407 e. The zero-order valence-corrected chi connectivity index (χ0v) is 43.3. The van der Waals surface area contributed by atoms with Crippen LogP contribution in [0.1, 0.15) is 122 Å². The molecule has 6 rings (SSSR count). The number of alkyl carbamates (subject to hydrolysis) is 1. The van der Waals surface area contributed by atoms with Crippen molar-refractivity contribution >= 4 is 52.6 Å². The highest BCUT2D eigenvalue weighted by Gasteiger charge is 2.33. The molecule has 5 N–H and O–H groups in total. The van der Waals surface area contributed by atoms with Crippen molar-refractivity contribution in [1.82, 2.24) is 26.6 Å². The number of hydrogen-bond donors (Lipinski definition) is 5. The second-order valence-corrected chi connectivity index (χ2v) is 21.1. The van der Waals surface area contributed by atoms with E-state index in [0.29, 0.717) is 32.2 Å². The predicted octanol–water partition coefficient (Wildman–Crippen LogP) is 8.17. The number of nitrogens with one attached hydrogen (secondary N) is 5. The lowest BCUT2D eigenvalue weighted by Crippen LogP contribution is -2.52. The topological polar surface area (TPSA) is 217 Å². The van der Waals surface area contributed by atoms with Gasteiger partial charge in [0.2, 0.25) is 11.8 Å². The van der Waals surface area contributed by atoms with Crippen molar-refractivity contribution in [2.24, 2.45) is 11.8 Å². The van der Waals surface area contributed by atoms with Crippen LogP contribution in [0.4, 0.5) is 9.59 Å². The molecule has 1 saturated carbocycles. The van der Waals surface area contributed by atoms with Gasteiger partial charge >= 0.3 is 30.0 Å². The van der Waals surface area contributed by atoms with E-state index in [1.165, 1.54) is 7.11 Å². The summed E-state index contributed by atoms with van der Waals surface area (Å²) in [7, 11) is 1.20. The maximum Gasteiger partial charge on any atom is 0.407 e. The summed E-state index contributed by atoms with van der Waals surface area (Å²) >= 11 is 0. The summed E-state index contributed by atoms with van der Waals surface area (Å²) in [6, 6.07) is 26.3. The van der Waals surface area contributed by atoms with Gasteiger partial charge in [-0.3, -0.25) is 14.4 Å². The first-order valence-corrected chi connectivity index (χ1v) is 25.5. The van der Waals surface area contributed by atoms with Gasteiger partial charge in [-0.15, -0.1) is 0 Å². The highest BCUT2D eigenvalue weighted by Crippen LogP contribution is 2.44. The Bertz CT molecular complexity index is 2530. The van der Waals surface area contributed by atoms with Crippen LogP contribution >= 0.6 is 0 Å².